The first-order valence-electron chi connectivity index (χ1n) is 5.92. The zero-order valence-corrected chi connectivity index (χ0v) is 11.2. The van der Waals surface area contributed by atoms with Crippen LogP contribution in [0.25, 0.3) is 0 Å². The molecule has 1 aromatic rings. The SMILES string of the molecule is Cc1ccc(C(CCN)N(C)C)c(C)c1C. The molecule has 0 saturated carbocycles. The molecule has 1 unspecified atom stereocenters. The van der Waals surface area contributed by atoms with Crippen LogP contribution in [0.1, 0.15) is 34.7 Å². The lowest BCUT2D eigenvalue weighted by Crippen LogP contribution is -2.23. The van der Waals surface area contributed by atoms with Crippen molar-refractivity contribution in [3.05, 3.63) is 34.4 Å². The standard InChI is InChI=1S/C14H24N2/c1-10-6-7-13(12(3)11(10)2)14(8-9-15)16(4)5/h6-7,14H,8-9,15H2,1-5H3. The Bertz CT molecular complexity index is 356. The third-order valence-electron chi connectivity index (χ3n) is 3.52. The van der Waals surface area contributed by atoms with E-state index in [2.05, 4.69) is 51.9 Å². The Morgan fingerprint density at radius 2 is 1.75 bits per heavy atom. The van der Waals surface area contributed by atoms with Crippen LogP contribution in [-0.2, 0) is 0 Å². The molecule has 1 atom stereocenters. The van der Waals surface area contributed by atoms with Gasteiger partial charge in [0.2, 0.25) is 0 Å². The van der Waals surface area contributed by atoms with Crippen LogP contribution in [0, 0.1) is 20.8 Å². The fraction of sp³-hybridized carbons (Fsp3) is 0.571. The maximum atomic E-state index is 5.70. The van der Waals surface area contributed by atoms with Crippen LogP contribution in [0.2, 0.25) is 0 Å². The number of nitrogens with zero attached hydrogens (tertiary/aromatic N) is 1. The lowest BCUT2D eigenvalue weighted by molar-refractivity contribution is 0.286. The van der Waals surface area contributed by atoms with Gasteiger partial charge in [0.25, 0.3) is 0 Å². The Morgan fingerprint density at radius 3 is 2.25 bits per heavy atom. The van der Waals surface area contributed by atoms with Crippen molar-refractivity contribution >= 4 is 0 Å². The van der Waals surface area contributed by atoms with Gasteiger partial charge in [-0.1, -0.05) is 12.1 Å². The molecule has 0 aliphatic carbocycles. The Labute approximate surface area is 99.5 Å². The molecule has 2 nitrogen and oxygen atoms in total. The number of nitrogens with two attached hydrogens (primary N) is 1. The number of benzene rings is 1. The van der Waals surface area contributed by atoms with Crippen molar-refractivity contribution in [1.82, 2.24) is 4.90 Å². The van der Waals surface area contributed by atoms with E-state index >= 15 is 0 Å². The molecule has 0 bridgehead atoms. The third-order valence-corrected chi connectivity index (χ3v) is 3.52. The molecule has 1 rings (SSSR count). The molecule has 2 heteroatoms. The molecule has 0 radical (unpaired) electrons. The van der Waals surface area contributed by atoms with Gasteiger partial charge >= 0.3 is 0 Å². The summed E-state index contributed by atoms with van der Waals surface area (Å²) in [5.41, 5.74) is 11.3. The Hall–Kier alpha value is -0.860. The molecule has 0 aliphatic rings. The molecule has 2 N–H and O–H groups in total. The first-order chi connectivity index (χ1) is 7.49. The van der Waals surface area contributed by atoms with Gasteiger partial charge in [0.05, 0.1) is 0 Å². The van der Waals surface area contributed by atoms with Crippen molar-refractivity contribution in [2.45, 2.75) is 33.2 Å². The fourth-order valence-electron chi connectivity index (χ4n) is 2.19. The van der Waals surface area contributed by atoms with Gasteiger partial charge in [0, 0.05) is 6.04 Å². The van der Waals surface area contributed by atoms with Crippen LogP contribution in [0.4, 0.5) is 0 Å². The van der Waals surface area contributed by atoms with Crippen LogP contribution in [0.5, 0.6) is 0 Å². The van der Waals surface area contributed by atoms with Gasteiger partial charge in [0.15, 0.2) is 0 Å². The molecule has 0 spiro atoms. The summed E-state index contributed by atoms with van der Waals surface area (Å²) < 4.78 is 0. The predicted molar refractivity (Wildman–Crippen MR) is 70.8 cm³/mol. The minimum atomic E-state index is 0.435. The largest absolute Gasteiger partial charge is 0.330 e. The fourth-order valence-corrected chi connectivity index (χ4v) is 2.19. The second-order valence-corrected chi connectivity index (χ2v) is 4.78. The van der Waals surface area contributed by atoms with Gasteiger partial charge in [-0.2, -0.15) is 0 Å². The van der Waals surface area contributed by atoms with Gasteiger partial charge in [-0.3, -0.25) is 0 Å². The van der Waals surface area contributed by atoms with Crippen molar-refractivity contribution in [2.75, 3.05) is 20.6 Å². The maximum Gasteiger partial charge on any atom is 0.0356 e. The summed E-state index contributed by atoms with van der Waals surface area (Å²) in [6.45, 7) is 7.31. The summed E-state index contributed by atoms with van der Waals surface area (Å²) in [7, 11) is 4.24. The van der Waals surface area contributed by atoms with E-state index in [1.807, 2.05) is 0 Å². The van der Waals surface area contributed by atoms with Crippen LogP contribution in [-0.4, -0.2) is 25.5 Å². The topological polar surface area (TPSA) is 29.3 Å². The van der Waals surface area contributed by atoms with E-state index < -0.39 is 0 Å². The quantitative estimate of drug-likeness (QED) is 0.845. The van der Waals surface area contributed by atoms with Crippen LogP contribution in [0.3, 0.4) is 0 Å². The lowest BCUT2D eigenvalue weighted by atomic mass is 9.92. The summed E-state index contributed by atoms with van der Waals surface area (Å²) >= 11 is 0. The number of aryl methyl sites for hydroxylation is 1. The smallest absolute Gasteiger partial charge is 0.0356 e. The summed E-state index contributed by atoms with van der Waals surface area (Å²) in [6, 6.07) is 4.90. The second kappa shape index (κ2) is 5.46. The summed E-state index contributed by atoms with van der Waals surface area (Å²) in [5.74, 6) is 0. The first-order valence-corrected chi connectivity index (χ1v) is 5.92. The van der Waals surface area contributed by atoms with Crippen LogP contribution < -0.4 is 5.73 Å². The first kappa shape index (κ1) is 13.2. The summed E-state index contributed by atoms with van der Waals surface area (Å²) in [4.78, 5) is 2.25. The average Bonchev–Trinajstić information content (AvgIpc) is 2.24. The molecule has 1 aromatic carbocycles. The van der Waals surface area contributed by atoms with Crippen molar-refractivity contribution in [3.8, 4) is 0 Å². The number of rotatable bonds is 4. The zero-order chi connectivity index (χ0) is 12.3. The molecular weight excluding hydrogens is 196 g/mol. The molecule has 0 aliphatic heterocycles. The van der Waals surface area contributed by atoms with E-state index in [0.717, 1.165) is 13.0 Å². The van der Waals surface area contributed by atoms with E-state index in [4.69, 9.17) is 5.73 Å². The van der Waals surface area contributed by atoms with Gasteiger partial charge in [-0.25, -0.2) is 0 Å². The van der Waals surface area contributed by atoms with Crippen LogP contribution >= 0.6 is 0 Å². The molecule has 0 aromatic heterocycles. The van der Waals surface area contributed by atoms with Gasteiger partial charge in [0.1, 0.15) is 0 Å². The van der Waals surface area contributed by atoms with Gasteiger partial charge in [-0.15, -0.1) is 0 Å². The minimum Gasteiger partial charge on any atom is -0.330 e. The van der Waals surface area contributed by atoms with E-state index in [1.165, 1.54) is 22.3 Å². The number of hydrogen-bond donors (Lipinski definition) is 1. The van der Waals surface area contributed by atoms with E-state index in [1.54, 1.807) is 0 Å². The summed E-state index contributed by atoms with van der Waals surface area (Å²) in [5, 5.41) is 0. The van der Waals surface area contributed by atoms with Gasteiger partial charge in [-0.05, 0) is 70.1 Å². The zero-order valence-electron chi connectivity index (χ0n) is 11.2. The van der Waals surface area contributed by atoms with Crippen molar-refractivity contribution in [2.24, 2.45) is 5.73 Å². The highest BCUT2D eigenvalue weighted by molar-refractivity contribution is 5.40. The molecule has 0 heterocycles. The Kier molecular flexibility index (Phi) is 4.51. The van der Waals surface area contributed by atoms with Crippen molar-refractivity contribution in [3.63, 3.8) is 0 Å². The monoisotopic (exact) mass is 220 g/mol. The minimum absolute atomic E-state index is 0.435. The van der Waals surface area contributed by atoms with Crippen molar-refractivity contribution < 1.29 is 0 Å². The van der Waals surface area contributed by atoms with E-state index in [9.17, 15) is 0 Å². The normalized spacial score (nSPS) is 13.2. The highest BCUT2D eigenvalue weighted by atomic mass is 15.1. The lowest BCUT2D eigenvalue weighted by Gasteiger charge is -2.27. The Morgan fingerprint density at radius 1 is 1.12 bits per heavy atom. The maximum absolute atomic E-state index is 5.70. The van der Waals surface area contributed by atoms with Crippen molar-refractivity contribution in [1.29, 1.82) is 0 Å². The molecule has 0 saturated heterocycles. The van der Waals surface area contributed by atoms with Gasteiger partial charge < -0.3 is 10.6 Å². The van der Waals surface area contributed by atoms with Crippen LogP contribution in [0.15, 0.2) is 12.1 Å². The van der Waals surface area contributed by atoms with E-state index in [0.29, 0.717) is 6.04 Å². The highest BCUT2D eigenvalue weighted by Gasteiger charge is 2.16. The molecule has 90 valence electrons. The molecule has 0 amide bonds. The highest BCUT2D eigenvalue weighted by Crippen LogP contribution is 2.27. The average molecular weight is 220 g/mol. The van der Waals surface area contributed by atoms with E-state index in [-0.39, 0.29) is 0 Å². The number of hydrogen-bond acceptors (Lipinski definition) is 2. The predicted octanol–water partition coefficient (Wildman–Crippen LogP) is 2.56. The molecular formula is C14H24N2. The summed E-state index contributed by atoms with van der Waals surface area (Å²) in [6.07, 6.45) is 1.01. The molecule has 16 heavy (non-hydrogen) atoms. The Balaban J connectivity index is 3.15. The third kappa shape index (κ3) is 2.63. The molecule has 0 fully saturated rings. The second-order valence-electron chi connectivity index (χ2n) is 4.78.